The number of nitrogens with zero attached hydrogens (tertiary/aromatic N) is 2. The normalized spacial score (nSPS) is 16.1. The van der Waals surface area contributed by atoms with Crippen LogP contribution in [-0.2, 0) is 4.79 Å². The number of thiazole rings is 1. The highest BCUT2D eigenvalue weighted by atomic mass is 35.5. The zero-order valence-electron chi connectivity index (χ0n) is 15.6. The Hall–Kier alpha value is -2.84. The molecule has 1 aliphatic rings. The molecule has 0 bridgehead atoms. The van der Waals surface area contributed by atoms with E-state index in [0.29, 0.717) is 34.6 Å². The number of benzene rings is 1. The van der Waals surface area contributed by atoms with E-state index < -0.39 is 6.04 Å². The van der Waals surface area contributed by atoms with E-state index >= 15 is 0 Å². The van der Waals surface area contributed by atoms with Gasteiger partial charge in [0.1, 0.15) is 11.8 Å². The molecule has 9 heteroatoms. The molecule has 1 fully saturated rings. The summed E-state index contributed by atoms with van der Waals surface area (Å²) >= 11 is 7.50. The molecule has 0 saturated carbocycles. The van der Waals surface area contributed by atoms with Crippen LogP contribution in [0.15, 0.2) is 46.4 Å². The van der Waals surface area contributed by atoms with Gasteiger partial charge in [-0.3, -0.25) is 9.59 Å². The van der Waals surface area contributed by atoms with E-state index in [4.69, 9.17) is 20.8 Å². The van der Waals surface area contributed by atoms with Crippen molar-refractivity contribution in [2.75, 3.05) is 19.0 Å². The number of likely N-dealkylation sites (tertiary alicyclic amines) is 1. The van der Waals surface area contributed by atoms with Crippen LogP contribution in [0, 0.1) is 0 Å². The minimum absolute atomic E-state index is 0.234. The van der Waals surface area contributed by atoms with Gasteiger partial charge in [-0.05, 0) is 43.2 Å². The van der Waals surface area contributed by atoms with Crippen molar-refractivity contribution in [3.63, 3.8) is 0 Å². The highest BCUT2D eigenvalue weighted by Gasteiger charge is 2.35. The van der Waals surface area contributed by atoms with Crippen LogP contribution in [0.1, 0.15) is 23.4 Å². The van der Waals surface area contributed by atoms with Gasteiger partial charge in [-0.15, -0.1) is 11.3 Å². The van der Waals surface area contributed by atoms with Crippen LogP contribution in [-0.4, -0.2) is 41.4 Å². The van der Waals surface area contributed by atoms with Gasteiger partial charge in [0.15, 0.2) is 10.9 Å². The molecule has 4 rings (SSSR count). The molecule has 7 nitrogen and oxygen atoms in total. The monoisotopic (exact) mass is 431 g/mol. The fourth-order valence-electron chi connectivity index (χ4n) is 3.30. The lowest BCUT2D eigenvalue weighted by atomic mass is 10.2. The number of aromatic nitrogens is 1. The third-order valence-electron chi connectivity index (χ3n) is 4.73. The van der Waals surface area contributed by atoms with E-state index in [1.165, 1.54) is 17.6 Å². The Labute approximate surface area is 176 Å². The maximum atomic E-state index is 12.8. The topological polar surface area (TPSA) is 84.7 Å². The second kappa shape index (κ2) is 8.26. The molecule has 1 aromatic carbocycles. The first kappa shape index (κ1) is 19.5. The molecule has 0 aliphatic carbocycles. The van der Waals surface area contributed by atoms with Gasteiger partial charge in [0, 0.05) is 17.5 Å². The molecule has 1 unspecified atom stereocenters. The summed E-state index contributed by atoms with van der Waals surface area (Å²) in [6.45, 7) is 0.519. The predicted molar refractivity (Wildman–Crippen MR) is 111 cm³/mol. The summed E-state index contributed by atoms with van der Waals surface area (Å²) < 4.78 is 10.3. The number of nitrogens with one attached hydrogen (secondary N) is 1. The highest BCUT2D eigenvalue weighted by molar-refractivity contribution is 7.14. The van der Waals surface area contributed by atoms with Crippen molar-refractivity contribution < 1.29 is 18.7 Å². The third kappa shape index (κ3) is 3.99. The quantitative estimate of drug-likeness (QED) is 0.650. The van der Waals surface area contributed by atoms with E-state index in [2.05, 4.69) is 10.3 Å². The van der Waals surface area contributed by atoms with Crippen LogP contribution in [0.25, 0.3) is 11.3 Å². The minimum Gasteiger partial charge on any atom is -0.495 e. The lowest BCUT2D eigenvalue weighted by Gasteiger charge is -2.22. The standard InChI is InChI=1S/C20H18ClN3O4S/c1-27-16-7-6-12(10-13(16)21)14-11-29-20(22-14)23-18(25)15-4-2-8-24(15)19(26)17-5-3-9-28-17/h3,5-7,9-11,15H,2,4,8H2,1H3,(H,22,23,25). The molecule has 3 heterocycles. The molecule has 2 aromatic heterocycles. The number of hydrogen-bond donors (Lipinski definition) is 1. The van der Waals surface area contributed by atoms with Gasteiger partial charge in [0.2, 0.25) is 5.91 Å². The lowest BCUT2D eigenvalue weighted by Crippen LogP contribution is -2.43. The van der Waals surface area contributed by atoms with E-state index in [1.807, 2.05) is 11.4 Å². The van der Waals surface area contributed by atoms with Crippen molar-refractivity contribution in [1.82, 2.24) is 9.88 Å². The first-order chi connectivity index (χ1) is 14.1. The molecule has 1 aliphatic heterocycles. The van der Waals surface area contributed by atoms with E-state index in [1.54, 1.807) is 36.3 Å². The summed E-state index contributed by atoms with van der Waals surface area (Å²) in [5.41, 5.74) is 1.52. The number of carbonyl (C=O) groups excluding carboxylic acids is 2. The molecule has 1 atom stereocenters. The Balaban J connectivity index is 1.46. The van der Waals surface area contributed by atoms with Crippen molar-refractivity contribution >= 4 is 39.9 Å². The SMILES string of the molecule is COc1ccc(-c2csc(NC(=O)C3CCCN3C(=O)c3ccco3)n2)cc1Cl. The fourth-order valence-corrected chi connectivity index (χ4v) is 4.28. The number of halogens is 1. The smallest absolute Gasteiger partial charge is 0.290 e. The number of amides is 2. The van der Waals surface area contributed by atoms with Crippen LogP contribution in [0.4, 0.5) is 5.13 Å². The molecule has 1 saturated heterocycles. The van der Waals surface area contributed by atoms with Crippen molar-refractivity contribution in [2.45, 2.75) is 18.9 Å². The summed E-state index contributed by atoms with van der Waals surface area (Å²) in [6.07, 6.45) is 2.81. The molecule has 150 valence electrons. The van der Waals surface area contributed by atoms with Gasteiger partial charge in [-0.25, -0.2) is 4.98 Å². The number of methoxy groups -OCH3 is 1. The Morgan fingerprint density at radius 3 is 2.97 bits per heavy atom. The van der Waals surface area contributed by atoms with Crippen LogP contribution in [0.3, 0.4) is 0 Å². The Morgan fingerprint density at radius 1 is 1.38 bits per heavy atom. The summed E-state index contributed by atoms with van der Waals surface area (Å²) in [5, 5.41) is 5.62. The lowest BCUT2D eigenvalue weighted by molar-refractivity contribution is -0.119. The molecule has 0 radical (unpaired) electrons. The first-order valence-corrected chi connectivity index (χ1v) is 10.3. The summed E-state index contributed by atoms with van der Waals surface area (Å²) in [6, 6.07) is 8.10. The number of carbonyl (C=O) groups is 2. The Bertz CT molecular complexity index is 1030. The van der Waals surface area contributed by atoms with Crippen molar-refractivity contribution in [3.8, 4) is 17.0 Å². The first-order valence-electron chi connectivity index (χ1n) is 9.01. The van der Waals surface area contributed by atoms with Gasteiger partial charge in [-0.2, -0.15) is 0 Å². The second-order valence-corrected chi connectivity index (χ2v) is 7.78. The summed E-state index contributed by atoms with van der Waals surface area (Å²) in [4.78, 5) is 31.4. The minimum atomic E-state index is -0.546. The van der Waals surface area contributed by atoms with Crippen LogP contribution >= 0.6 is 22.9 Å². The Kier molecular flexibility index (Phi) is 5.55. The summed E-state index contributed by atoms with van der Waals surface area (Å²) in [7, 11) is 1.56. The number of ether oxygens (including phenoxy) is 1. The van der Waals surface area contributed by atoms with Gasteiger partial charge in [0.25, 0.3) is 5.91 Å². The van der Waals surface area contributed by atoms with Crippen molar-refractivity contribution in [2.24, 2.45) is 0 Å². The third-order valence-corrected chi connectivity index (χ3v) is 5.78. The Morgan fingerprint density at radius 2 is 2.24 bits per heavy atom. The zero-order chi connectivity index (χ0) is 20.4. The van der Waals surface area contributed by atoms with Gasteiger partial charge in [0.05, 0.1) is 24.1 Å². The van der Waals surface area contributed by atoms with Crippen LogP contribution in [0.2, 0.25) is 5.02 Å². The highest BCUT2D eigenvalue weighted by Crippen LogP contribution is 2.32. The van der Waals surface area contributed by atoms with Crippen molar-refractivity contribution in [3.05, 3.63) is 52.8 Å². The number of furan rings is 1. The molecule has 0 spiro atoms. The van der Waals surface area contributed by atoms with Gasteiger partial charge >= 0.3 is 0 Å². The largest absolute Gasteiger partial charge is 0.495 e. The average Bonchev–Trinajstić information content (AvgIpc) is 3.48. The molecule has 1 N–H and O–H groups in total. The zero-order valence-corrected chi connectivity index (χ0v) is 17.1. The summed E-state index contributed by atoms with van der Waals surface area (Å²) in [5.74, 6) is 0.288. The van der Waals surface area contributed by atoms with E-state index in [-0.39, 0.29) is 17.6 Å². The maximum absolute atomic E-state index is 12.8. The molecule has 3 aromatic rings. The van der Waals surface area contributed by atoms with Crippen LogP contribution in [0.5, 0.6) is 5.75 Å². The van der Waals surface area contributed by atoms with E-state index in [9.17, 15) is 9.59 Å². The second-order valence-electron chi connectivity index (χ2n) is 6.51. The molecular weight excluding hydrogens is 414 g/mol. The molecule has 2 amide bonds. The van der Waals surface area contributed by atoms with Gasteiger partial charge < -0.3 is 19.4 Å². The maximum Gasteiger partial charge on any atom is 0.290 e. The predicted octanol–water partition coefficient (Wildman–Crippen LogP) is 4.31. The fraction of sp³-hybridized carbons (Fsp3) is 0.250. The molecular formula is C20H18ClN3O4S. The number of rotatable bonds is 5. The number of anilines is 1. The average molecular weight is 432 g/mol. The van der Waals surface area contributed by atoms with Crippen LogP contribution < -0.4 is 10.1 Å². The van der Waals surface area contributed by atoms with Crippen molar-refractivity contribution in [1.29, 1.82) is 0 Å². The number of hydrogen-bond acceptors (Lipinski definition) is 6. The van der Waals surface area contributed by atoms with Gasteiger partial charge in [-0.1, -0.05) is 11.6 Å². The van der Waals surface area contributed by atoms with E-state index in [0.717, 1.165) is 12.0 Å². The molecule has 29 heavy (non-hydrogen) atoms.